The second-order valence-corrected chi connectivity index (χ2v) is 3.05. The summed E-state index contributed by atoms with van der Waals surface area (Å²) in [6, 6.07) is 0.815. The van der Waals surface area contributed by atoms with Gasteiger partial charge in [-0.25, -0.2) is 0 Å². The van der Waals surface area contributed by atoms with Crippen molar-refractivity contribution < 1.29 is 0 Å². The van der Waals surface area contributed by atoms with Crippen LogP contribution < -0.4 is 5.32 Å². The minimum absolute atomic E-state index is 0.815. The first-order valence-corrected chi connectivity index (χ1v) is 5.03. The van der Waals surface area contributed by atoms with Crippen molar-refractivity contribution in [3.05, 3.63) is 12.7 Å². The third-order valence-electron chi connectivity index (χ3n) is 1.57. The summed E-state index contributed by atoms with van der Waals surface area (Å²) in [7, 11) is 0. The van der Waals surface area contributed by atoms with Gasteiger partial charge in [-0.2, -0.15) is 0 Å². The van der Waals surface area contributed by atoms with Gasteiger partial charge < -0.3 is 5.32 Å². The van der Waals surface area contributed by atoms with Gasteiger partial charge in [0.1, 0.15) is 0 Å². The third-order valence-corrected chi connectivity index (χ3v) is 1.57. The molecule has 1 aliphatic heterocycles. The Hall–Kier alpha value is -0.300. The van der Waals surface area contributed by atoms with Crippen molar-refractivity contribution in [1.29, 1.82) is 0 Å². The maximum Gasteiger partial charge on any atom is 0.00508 e. The predicted molar refractivity (Wildman–Crippen MR) is 58.5 cm³/mol. The molecule has 1 unspecified atom stereocenters. The maximum atomic E-state index is 3.36. The average Bonchev–Trinajstić information content (AvgIpc) is 2.03. The summed E-state index contributed by atoms with van der Waals surface area (Å²) < 4.78 is 0. The lowest BCUT2D eigenvalue weighted by molar-refractivity contribution is 0.399. The van der Waals surface area contributed by atoms with Gasteiger partial charge in [0.05, 0.1) is 0 Å². The van der Waals surface area contributed by atoms with Gasteiger partial charge in [0, 0.05) is 6.04 Å². The Labute approximate surface area is 78.3 Å². The lowest BCUT2D eigenvalue weighted by Gasteiger charge is -2.22. The van der Waals surface area contributed by atoms with Crippen molar-refractivity contribution in [2.75, 3.05) is 6.54 Å². The van der Waals surface area contributed by atoms with Crippen LogP contribution in [-0.4, -0.2) is 12.6 Å². The molecule has 0 bridgehead atoms. The second-order valence-electron chi connectivity index (χ2n) is 3.05. The van der Waals surface area contributed by atoms with Gasteiger partial charge in [-0.15, -0.1) is 6.58 Å². The zero-order chi connectivity index (χ0) is 9.82. The Morgan fingerprint density at radius 2 is 1.67 bits per heavy atom. The predicted octanol–water partition coefficient (Wildman–Crippen LogP) is 3.37. The molecule has 0 aliphatic carbocycles. The molecule has 1 fully saturated rings. The van der Waals surface area contributed by atoms with E-state index in [9.17, 15) is 0 Å². The van der Waals surface area contributed by atoms with E-state index in [2.05, 4.69) is 32.7 Å². The number of hydrogen-bond acceptors (Lipinski definition) is 1. The number of hydrogen-bond donors (Lipinski definition) is 1. The Kier molecular flexibility index (Phi) is 15.8. The highest BCUT2D eigenvalue weighted by Gasteiger charge is 2.07. The monoisotopic (exact) mass is 171 g/mol. The molecule has 74 valence electrons. The van der Waals surface area contributed by atoms with Crippen LogP contribution in [0.25, 0.3) is 0 Å². The Balaban J connectivity index is 0. The molecule has 0 aromatic carbocycles. The summed E-state index contributed by atoms with van der Waals surface area (Å²) in [5, 5.41) is 3.21. The molecule has 1 nitrogen and oxygen atoms in total. The number of nitrogens with one attached hydrogen (secondary N) is 1. The number of unbranched alkanes of at least 4 members (excludes halogenated alkanes) is 1. The summed E-state index contributed by atoms with van der Waals surface area (Å²) >= 11 is 0. The lowest BCUT2D eigenvalue weighted by atomic mass is 10.1. The summed E-state index contributed by atoms with van der Waals surface area (Å²) in [6.45, 7) is 13.0. The highest BCUT2D eigenvalue weighted by Crippen LogP contribution is 1.96. The van der Waals surface area contributed by atoms with Crippen molar-refractivity contribution in [2.45, 2.75) is 53.0 Å². The van der Waals surface area contributed by atoms with Crippen LogP contribution in [-0.2, 0) is 0 Å². The van der Waals surface area contributed by atoms with Crippen molar-refractivity contribution in [3.8, 4) is 0 Å². The summed E-state index contributed by atoms with van der Waals surface area (Å²) in [5.41, 5.74) is 0. The van der Waals surface area contributed by atoms with Crippen molar-refractivity contribution in [1.82, 2.24) is 5.32 Å². The molecule has 1 heterocycles. The van der Waals surface area contributed by atoms with Crippen LogP contribution in [0.1, 0.15) is 47.0 Å². The number of rotatable bonds is 1. The van der Waals surface area contributed by atoms with Gasteiger partial charge in [-0.3, -0.25) is 0 Å². The molecule has 1 N–H and O–H groups in total. The third kappa shape index (κ3) is 16.4. The summed E-state index contributed by atoms with van der Waals surface area (Å²) in [6.07, 6.45) is 5.76. The van der Waals surface area contributed by atoms with Gasteiger partial charge >= 0.3 is 0 Å². The quantitative estimate of drug-likeness (QED) is 0.596. The zero-order valence-electron chi connectivity index (χ0n) is 9.19. The minimum atomic E-state index is 0.815. The van der Waals surface area contributed by atoms with Gasteiger partial charge in [0.2, 0.25) is 0 Å². The molecule has 1 rings (SSSR count). The second kappa shape index (κ2) is 13.3. The average molecular weight is 171 g/mol. The molecule has 1 aliphatic rings. The van der Waals surface area contributed by atoms with E-state index >= 15 is 0 Å². The first-order chi connectivity index (χ1) is 5.72. The molecule has 1 saturated heterocycles. The maximum absolute atomic E-state index is 3.36. The van der Waals surface area contributed by atoms with Crippen LogP contribution in [0.3, 0.4) is 0 Å². The summed E-state index contributed by atoms with van der Waals surface area (Å²) in [5.74, 6) is 0. The molecule has 0 amide bonds. The molecule has 0 saturated carbocycles. The Morgan fingerprint density at radius 1 is 1.42 bits per heavy atom. The van der Waals surface area contributed by atoms with E-state index in [-0.39, 0.29) is 0 Å². The van der Waals surface area contributed by atoms with E-state index in [0.717, 1.165) is 6.04 Å². The van der Waals surface area contributed by atoms with Crippen LogP contribution in [0.4, 0.5) is 0 Å². The molecule has 12 heavy (non-hydrogen) atoms. The minimum Gasteiger partial charge on any atom is -0.314 e. The SMILES string of the molecule is C=CC.CC1CCN1.CCCC. The fraction of sp³-hybridized carbons (Fsp3) is 0.818. The topological polar surface area (TPSA) is 12.0 Å². The molecule has 1 heteroatoms. The van der Waals surface area contributed by atoms with Crippen molar-refractivity contribution in [3.63, 3.8) is 0 Å². The van der Waals surface area contributed by atoms with Crippen LogP contribution in [0.5, 0.6) is 0 Å². The largest absolute Gasteiger partial charge is 0.314 e. The first-order valence-electron chi connectivity index (χ1n) is 5.03. The highest BCUT2D eigenvalue weighted by atomic mass is 15.0. The van der Waals surface area contributed by atoms with Gasteiger partial charge in [-0.05, 0) is 26.8 Å². The van der Waals surface area contributed by atoms with E-state index in [1.165, 1.54) is 25.8 Å². The van der Waals surface area contributed by atoms with E-state index in [1.807, 2.05) is 6.92 Å². The highest BCUT2D eigenvalue weighted by molar-refractivity contribution is 4.70. The van der Waals surface area contributed by atoms with E-state index in [1.54, 1.807) is 6.08 Å². The molecular formula is C11H25N. The van der Waals surface area contributed by atoms with Crippen LogP contribution in [0.15, 0.2) is 12.7 Å². The Morgan fingerprint density at radius 3 is 1.67 bits per heavy atom. The smallest absolute Gasteiger partial charge is 0.00508 e. The van der Waals surface area contributed by atoms with E-state index < -0.39 is 0 Å². The Bertz CT molecular complexity index is 73.1. The fourth-order valence-electron chi connectivity index (χ4n) is 0.433. The normalized spacial score (nSPS) is 18.8. The van der Waals surface area contributed by atoms with Crippen LogP contribution >= 0.6 is 0 Å². The summed E-state index contributed by atoms with van der Waals surface area (Å²) in [4.78, 5) is 0. The lowest BCUT2D eigenvalue weighted by Crippen LogP contribution is -2.39. The van der Waals surface area contributed by atoms with Crippen LogP contribution in [0, 0.1) is 0 Å². The molecule has 0 radical (unpaired) electrons. The molecule has 1 atom stereocenters. The van der Waals surface area contributed by atoms with Gasteiger partial charge in [0.15, 0.2) is 0 Å². The van der Waals surface area contributed by atoms with Crippen LogP contribution in [0.2, 0.25) is 0 Å². The first kappa shape index (κ1) is 14.2. The molecular weight excluding hydrogens is 146 g/mol. The van der Waals surface area contributed by atoms with Crippen molar-refractivity contribution in [2.24, 2.45) is 0 Å². The number of allylic oxidation sites excluding steroid dienone is 1. The standard InChI is InChI=1S/C4H9N.C4H10.C3H6/c1-4-2-3-5-4;1-3-4-2;1-3-2/h4-5H,2-3H2,1H3;3-4H2,1-2H3;3H,1H2,2H3. The molecule has 0 aromatic rings. The van der Waals surface area contributed by atoms with Crippen molar-refractivity contribution >= 4 is 0 Å². The molecule has 0 aromatic heterocycles. The van der Waals surface area contributed by atoms with Gasteiger partial charge in [-0.1, -0.05) is 32.8 Å². The van der Waals surface area contributed by atoms with E-state index in [4.69, 9.17) is 0 Å². The fourth-order valence-corrected chi connectivity index (χ4v) is 0.433. The van der Waals surface area contributed by atoms with Gasteiger partial charge in [0.25, 0.3) is 0 Å². The zero-order valence-corrected chi connectivity index (χ0v) is 9.19. The molecule has 0 spiro atoms. The van der Waals surface area contributed by atoms with E-state index in [0.29, 0.717) is 0 Å².